The molecule has 0 aromatic heterocycles. The third-order valence-electron chi connectivity index (χ3n) is 5.31. The molecule has 0 radical (unpaired) electrons. The molecule has 0 aliphatic carbocycles. The van der Waals surface area contributed by atoms with Crippen molar-refractivity contribution in [3.05, 3.63) is 59.7 Å². The SMILES string of the molecule is COCCC(=O)N1CCOC(Cc2cccc(-c3ccc(C)cc3)c2)(C(N)=O)C1. The summed E-state index contributed by atoms with van der Waals surface area (Å²) in [5.41, 5.74) is 8.83. The van der Waals surface area contributed by atoms with Crippen molar-refractivity contribution in [3.63, 3.8) is 0 Å². The first-order chi connectivity index (χ1) is 13.9. The van der Waals surface area contributed by atoms with Gasteiger partial charge in [0.25, 0.3) is 5.91 Å². The highest BCUT2D eigenvalue weighted by molar-refractivity contribution is 5.86. The number of hydrogen-bond donors (Lipinski definition) is 1. The monoisotopic (exact) mass is 396 g/mol. The Balaban J connectivity index is 1.81. The molecule has 6 heteroatoms. The van der Waals surface area contributed by atoms with Crippen molar-refractivity contribution in [1.82, 2.24) is 4.90 Å². The van der Waals surface area contributed by atoms with Crippen LogP contribution in [0.1, 0.15) is 17.5 Å². The third-order valence-corrected chi connectivity index (χ3v) is 5.31. The van der Waals surface area contributed by atoms with Gasteiger partial charge in [0, 0.05) is 20.1 Å². The number of morpholine rings is 1. The summed E-state index contributed by atoms with van der Waals surface area (Å²) in [5.74, 6) is -0.614. The smallest absolute Gasteiger partial charge is 0.251 e. The van der Waals surface area contributed by atoms with Gasteiger partial charge in [0.2, 0.25) is 5.91 Å². The number of carbonyl (C=O) groups excluding carboxylic acids is 2. The van der Waals surface area contributed by atoms with Gasteiger partial charge in [-0.05, 0) is 23.6 Å². The predicted molar refractivity (Wildman–Crippen MR) is 111 cm³/mol. The number of benzene rings is 2. The van der Waals surface area contributed by atoms with Crippen LogP contribution in [0.15, 0.2) is 48.5 Å². The molecule has 1 aliphatic heterocycles. The first-order valence-corrected chi connectivity index (χ1v) is 9.80. The summed E-state index contributed by atoms with van der Waals surface area (Å²) in [7, 11) is 1.56. The summed E-state index contributed by atoms with van der Waals surface area (Å²) in [6.07, 6.45) is 0.588. The Hall–Kier alpha value is -2.70. The summed E-state index contributed by atoms with van der Waals surface area (Å²) in [5, 5.41) is 0. The number of hydrogen-bond acceptors (Lipinski definition) is 4. The number of rotatable bonds is 7. The van der Waals surface area contributed by atoms with Gasteiger partial charge < -0.3 is 20.1 Å². The zero-order chi connectivity index (χ0) is 20.9. The molecule has 6 nitrogen and oxygen atoms in total. The van der Waals surface area contributed by atoms with Gasteiger partial charge in [-0.3, -0.25) is 9.59 Å². The third kappa shape index (κ3) is 5.02. The van der Waals surface area contributed by atoms with Crippen molar-refractivity contribution >= 4 is 11.8 Å². The van der Waals surface area contributed by atoms with Crippen LogP contribution >= 0.6 is 0 Å². The molecular formula is C23H28N2O4. The Morgan fingerprint density at radius 2 is 1.93 bits per heavy atom. The zero-order valence-electron chi connectivity index (χ0n) is 17.0. The molecule has 1 unspecified atom stereocenters. The van der Waals surface area contributed by atoms with Gasteiger partial charge in [0.1, 0.15) is 0 Å². The largest absolute Gasteiger partial charge is 0.384 e. The van der Waals surface area contributed by atoms with E-state index in [1.807, 2.05) is 24.3 Å². The van der Waals surface area contributed by atoms with E-state index in [0.717, 1.165) is 16.7 Å². The number of nitrogens with zero attached hydrogens (tertiary/aromatic N) is 1. The topological polar surface area (TPSA) is 81.9 Å². The van der Waals surface area contributed by atoms with E-state index in [1.54, 1.807) is 12.0 Å². The van der Waals surface area contributed by atoms with E-state index in [2.05, 4.69) is 31.2 Å². The summed E-state index contributed by atoms with van der Waals surface area (Å²) in [6.45, 7) is 3.27. The summed E-state index contributed by atoms with van der Waals surface area (Å²) in [4.78, 5) is 26.5. The molecule has 3 rings (SSSR count). The molecule has 2 aromatic rings. The summed E-state index contributed by atoms with van der Waals surface area (Å²) in [6, 6.07) is 16.3. The van der Waals surface area contributed by atoms with Crippen LogP contribution in [0.3, 0.4) is 0 Å². The highest BCUT2D eigenvalue weighted by Gasteiger charge is 2.43. The molecule has 0 saturated carbocycles. The lowest BCUT2D eigenvalue weighted by atomic mass is 9.90. The van der Waals surface area contributed by atoms with Gasteiger partial charge in [0.15, 0.2) is 5.60 Å². The Bertz CT molecular complexity index is 865. The standard InChI is InChI=1S/C23H28N2O4/c1-17-6-8-19(9-7-17)20-5-3-4-18(14-20)15-23(22(24)27)16-25(11-13-29-23)21(26)10-12-28-2/h3-9,14H,10-13,15-16H2,1-2H3,(H2,24,27). The second kappa shape index (κ2) is 9.20. The Kier molecular flexibility index (Phi) is 6.67. The minimum atomic E-state index is -1.23. The number of primary amides is 1. The summed E-state index contributed by atoms with van der Waals surface area (Å²) >= 11 is 0. The van der Waals surface area contributed by atoms with Gasteiger partial charge >= 0.3 is 0 Å². The van der Waals surface area contributed by atoms with Crippen LogP contribution < -0.4 is 5.73 Å². The fourth-order valence-electron chi connectivity index (χ4n) is 3.62. The molecule has 1 fully saturated rings. The van der Waals surface area contributed by atoms with E-state index in [4.69, 9.17) is 15.2 Å². The van der Waals surface area contributed by atoms with Crippen LogP contribution in [-0.4, -0.2) is 55.7 Å². The molecule has 2 N–H and O–H groups in total. The lowest BCUT2D eigenvalue weighted by molar-refractivity contribution is -0.163. The minimum absolute atomic E-state index is 0.0609. The zero-order valence-corrected chi connectivity index (χ0v) is 17.0. The van der Waals surface area contributed by atoms with Crippen molar-refractivity contribution in [1.29, 1.82) is 0 Å². The van der Waals surface area contributed by atoms with Crippen molar-refractivity contribution in [3.8, 4) is 11.1 Å². The molecule has 1 atom stereocenters. The van der Waals surface area contributed by atoms with Crippen molar-refractivity contribution in [2.75, 3.05) is 33.4 Å². The number of aryl methyl sites for hydroxylation is 1. The van der Waals surface area contributed by atoms with Crippen molar-refractivity contribution in [2.45, 2.75) is 25.4 Å². The van der Waals surface area contributed by atoms with Gasteiger partial charge in [-0.1, -0.05) is 54.1 Å². The van der Waals surface area contributed by atoms with Crippen LogP contribution in [0.5, 0.6) is 0 Å². The van der Waals surface area contributed by atoms with E-state index < -0.39 is 11.5 Å². The molecule has 2 amide bonds. The average molecular weight is 396 g/mol. The molecular weight excluding hydrogens is 368 g/mol. The molecule has 1 heterocycles. The van der Waals surface area contributed by atoms with Crippen molar-refractivity contribution in [2.24, 2.45) is 5.73 Å². The van der Waals surface area contributed by atoms with Crippen LogP contribution in [0.25, 0.3) is 11.1 Å². The second-order valence-corrected chi connectivity index (χ2v) is 7.51. The fourth-order valence-corrected chi connectivity index (χ4v) is 3.62. The Morgan fingerprint density at radius 1 is 1.17 bits per heavy atom. The number of methoxy groups -OCH3 is 1. The molecule has 1 aliphatic rings. The maximum Gasteiger partial charge on any atom is 0.251 e. The first kappa shape index (κ1) is 21.0. The lowest BCUT2D eigenvalue weighted by Crippen LogP contribution is -2.61. The van der Waals surface area contributed by atoms with Gasteiger partial charge in [0.05, 0.1) is 26.2 Å². The van der Waals surface area contributed by atoms with Crippen LogP contribution in [0.2, 0.25) is 0 Å². The van der Waals surface area contributed by atoms with E-state index in [1.165, 1.54) is 5.56 Å². The maximum absolute atomic E-state index is 12.4. The second-order valence-electron chi connectivity index (χ2n) is 7.51. The van der Waals surface area contributed by atoms with Crippen LogP contribution in [0.4, 0.5) is 0 Å². The molecule has 1 saturated heterocycles. The molecule has 0 spiro atoms. The lowest BCUT2D eigenvalue weighted by Gasteiger charge is -2.40. The molecule has 154 valence electrons. The molecule has 29 heavy (non-hydrogen) atoms. The van der Waals surface area contributed by atoms with Gasteiger partial charge in [-0.25, -0.2) is 0 Å². The number of nitrogens with two attached hydrogens (primary N) is 1. The Morgan fingerprint density at radius 3 is 2.62 bits per heavy atom. The van der Waals surface area contributed by atoms with E-state index >= 15 is 0 Å². The Labute approximate surface area is 171 Å². The quantitative estimate of drug-likeness (QED) is 0.779. The average Bonchev–Trinajstić information content (AvgIpc) is 2.72. The van der Waals surface area contributed by atoms with Crippen LogP contribution in [-0.2, 0) is 25.5 Å². The molecule has 2 aromatic carbocycles. The fraction of sp³-hybridized carbons (Fsp3) is 0.391. The first-order valence-electron chi connectivity index (χ1n) is 9.80. The number of carbonyl (C=O) groups is 2. The minimum Gasteiger partial charge on any atom is -0.384 e. The van der Waals surface area contributed by atoms with Crippen molar-refractivity contribution < 1.29 is 19.1 Å². The van der Waals surface area contributed by atoms with E-state index in [0.29, 0.717) is 19.6 Å². The molecule has 0 bridgehead atoms. The maximum atomic E-state index is 12.4. The summed E-state index contributed by atoms with van der Waals surface area (Å²) < 4.78 is 10.9. The highest BCUT2D eigenvalue weighted by atomic mass is 16.5. The normalized spacial score (nSPS) is 19.2. The van der Waals surface area contributed by atoms with E-state index in [-0.39, 0.29) is 25.5 Å². The van der Waals surface area contributed by atoms with Crippen LogP contribution in [0, 0.1) is 6.92 Å². The number of ether oxygens (including phenoxy) is 2. The van der Waals surface area contributed by atoms with Gasteiger partial charge in [-0.2, -0.15) is 0 Å². The van der Waals surface area contributed by atoms with Gasteiger partial charge in [-0.15, -0.1) is 0 Å². The number of amides is 2. The highest BCUT2D eigenvalue weighted by Crippen LogP contribution is 2.27. The predicted octanol–water partition coefficient (Wildman–Crippen LogP) is 2.32. The van der Waals surface area contributed by atoms with E-state index in [9.17, 15) is 9.59 Å².